The molecular formula is C54H72AsN4P2+. The van der Waals surface area contributed by atoms with Gasteiger partial charge in [0.15, 0.2) is 0 Å². The van der Waals surface area contributed by atoms with E-state index in [1.54, 1.807) is 0 Å². The Balaban J connectivity index is 1.77. The molecule has 7 heteroatoms. The van der Waals surface area contributed by atoms with Crippen molar-refractivity contribution in [1.82, 2.24) is 13.7 Å². The SMILES string of the molecule is CC(C)c1cccc(C(C)C)c1-n1cc[n+](-c2c(C(C)C)cccc2C(C)C)c1P=[As]P=c1n(-c2c(C(C)C)cccc2C(C)C)ccn1-c1c(C(C)C)cccc1C(C)C. The van der Waals surface area contributed by atoms with Crippen LogP contribution in [-0.4, -0.2) is 28.1 Å². The average Bonchev–Trinajstić information content (AvgIpc) is 3.83. The molecule has 4 aromatic carbocycles. The monoisotopic (exact) mass is 913 g/mol. The van der Waals surface area contributed by atoms with Crippen molar-refractivity contribution in [2.45, 2.75) is 158 Å². The Bertz CT molecular complexity index is 2300. The number of nitrogens with zero attached hydrogens (tertiary/aromatic N) is 4. The normalized spacial score (nSPS) is 12.5. The van der Waals surface area contributed by atoms with E-state index in [0.29, 0.717) is 47.3 Å². The van der Waals surface area contributed by atoms with Gasteiger partial charge < -0.3 is 0 Å². The standard InChI is InChI=1S/C54H72AsN4P2/c1-33(2)41-21-17-22-42(34(3)4)49(41)56-29-30-57(50-43(35(5)6)23-18-24-44(50)36(7)8)53(56)60-55-61-54-58(51-45(37(9)10)25-19-26-46(51)38(11)12)31-32-59(54)52-47(39(13)14)27-20-28-48(52)40(15)16/h17-40H,1-16H3/q+1. The number of aromatic nitrogens is 4. The van der Waals surface area contributed by atoms with Crippen LogP contribution in [0.25, 0.3) is 22.7 Å². The summed E-state index contributed by atoms with van der Waals surface area (Å²) in [5.74, 6) is 3.14. The Labute approximate surface area is 377 Å². The maximum atomic E-state index is 2.58. The van der Waals surface area contributed by atoms with E-state index in [4.69, 9.17) is 0 Å². The van der Waals surface area contributed by atoms with Crippen LogP contribution in [0.1, 0.15) is 203 Å². The van der Waals surface area contributed by atoms with Gasteiger partial charge in [-0.15, -0.1) is 0 Å². The molecule has 0 amide bonds. The quantitative estimate of drug-likeness (QED) is 0.0589. The van der Waals surface area contributed by atoms with Crippen LogP contribution < -0.4 is 10.1 Å². The van der Waals surface area contributed by atoms with Crippen molar-refractivity contribution in [1.29, 1.82) is 0 Å². The van der Waals surface area contributed by atoms with Crippen molar-refractivity contribution in [2.75, 3.05) is 0 Å². The van der Waals surface area contributed by atoms with Gasteiger partial charge in [-0.25, -0.2) is 0 Å². The van der Waals surface area contributed by atoms with E-state index in [1.165, 1.54) is 91.5 Å². The van der Waals surface area contributed by atoms with Crippen molar-refractivity contribution in [2.24, 2.45) is 0 Å². The molecule has 2 heterocycles. The fourth-order valence-corrected chi connectivity index (χ4v) is 17.1. The molecule has 0 spiro atoms. The minimum atomic E-state index is -0.255. The fraction of sp³-hybridized carbons (Fsp3) is 0.444. The number of imidazole rings is 2. The first-order chi connectivity index (χ1) is 29.0. The summed E-state index contributed by atoms with van der Waals surface area (Å²) >= 11 is -0.255. The molecule has 0 aliphatic rings. The molecule has 0 radical (unpaired) electrons. The van der Waals surface area contributed by atoms with Gasteiger partial charge in [-0.05, 0) is 0 Å². The van der Waals surface area contributed by atoms with E-state index >= 15 is 0 Å². The Morgan fingerprint density at radius 1 is 0.393 bits per heavy atom. The van der Waals surface area contributed by atoms with Crippen LogP contribution >= 0.6 is 13.5 Å². The molecule has 2 aromatic heterocycles. The number of rotatable bonds is 14. The first-order valence-electron chi connectivity index (χ1n) is 22.9. The van der Waals surface area contributed by atoms with Crippen LogP contribution in [0.4, 0.5) is 0 Å². The molecule has 0 aliphatic heterocycles. The number of hydrogen-bond acceptors (Lipinski definition) is 0. The van der Waals surface area contributed by atoms with Crippen LogP contribution in [0.3, 0.4) is 0 Å². The van der Waals surface area contributed by atoms with Gasteiger partial charge in [0.25, 0.3) is 0 Å². The Morgan fingerprint density at radius 2 is 0.689 bits per heavy atom. The van der Waals surface area contributed by atoms with Crippen molar-refractivity contribution >= 4 is 33.4 Å². The van der Waals surface area contributed by atoms with Gasteiger partial charge in [-0.1, -0.05) is 0 Å². The van der Waals surface area contributed by atoms with E-state index < -0.39 is 0 Å². The van der Waals surface area contributed by atoms with Crippen molar-refractivity contribution < 1.29 is 4.57 Å². The first kappa shape index (κ1) is 46.9. The average molecular weight is 914 g/mol. The number of para-hydroxylation sites is 4. The van der Waals surface area contributed by atoms with Crippen LogP contribution in [0, 0.1) is 5.20 Å². The van der Waals surface area contributed by atoms with Crippen molar-refractivity contribution in [3.63, 3.8) is 0 Å². The second kappa shape index (κ2) is 19.9. The summed E-state index contributed by atoms with van der Waals surface area (Å²) in [6.07, 6.45) is 9.50. The third-order valence-electron chi connectivity index (χ3n) is 12.2. The van der Waals surface area contributed by atoms with Gasteiger partial charge in [-0.2, -0.15) is 0 Å². The molecule has 0 atom stereocenters. The van der Waals surface area contributed by atoms with Gasteiger partial charge in [0.2, 0.25) is 0 Å². The zero-order valence-corrected chi connectivity index (χ0v) is 43.7. The minimum absolute atomic E-state index is 0.255. The molecule has 0 aliphatic carbocycles. The summed E-state index contributed by atoms with van der Waals surface area (Å²) in [5.41, 5.74) is 18.0. The Morgan fingerprint density at radius 3 is 1.00 bits per heavy atom. The second-order valence-electron chi connectivity index (χ2n) is 19.3. The first-order valence-corrected chi connectivity index (χ1v) is 29.6. The van der Waals surface area contributed by atoms with E-state index in [-0.39, 0.29) is 14.4 Å². The number of benzene rings is 4. The summed E-state index contributed by atoms with van der Waals surface area (Å²) in [6, 6.07) is 27.9. The predicted molar refractivity (Wildman–Crippen MR) is 268 cm³/mol. The molecular weight excluding hydrogens is 841 g/mol. The predicted octanol–water partition coefficient (Wildman–Crippen LogP) is 15.6. The summed E-state index contributed by atoms with van der Waals surface area (Å²) < 4.78 is 10.3. The van der Waals surface area contributed by atoms with Crippen LogP contribution in [0.15, 0.2) is 97.6 Å². The molecule has 0 N–H and O–H groups in total. The molecule has 6 aromatic rings. The fourth-order valence-electron chi connectivity index (χ4n) is 8.92. The topological polar surface area (TPSA) is 18.7 Å². The van der Waals surface area contributed by atoms with E-state index in [0.717, 1.165) is 0 Å². The van der Waals surface area contributed by atoms with E-state index in [9.17, 15) is 0 Å². The molecule has 61 heavy (non-hydrogen) atoms. The van der Waals surface area contributed by atoms with Gasteiger partial charge in [0.1, 0.15) is 0 Å². The number of hydrogen-bond donors (Lipinski definition) is 0. The summed E-state index contributed by atoms with van der Waals surface area (Å²) in [5, 5.41) is 1.35. The molecule has 322 valence electrons. The van der Waals surface area contributed by atoms with Gasteiger partial charge in [0, 0.05) is 0 Å². The third-order valence-corrected chi connectivity index (χ3v) is 19.8. The second-order valence-corrected chi connectivity index (χ2v) is 27.2. The zero-order valence-electron chi connectivity index (χ0n) is 40.0. The van der Waals surface area contributed by atoms with E-state index in [1.807, 2.05) is 0 Å². The summed E-state index contributed by atoms with van der Waals surface area (Å²) in [7, 11) is 0. The van der Waals surface area contributed by atoms with Crippen LogP contribution in [0.5, 0.6) is 0 Å². The summed E-state index contributed by atoms with van der Waals surface area (Å²) in [4.78, 5) is 0. The van der Waals surface area contributed by atoms with Gasteiger partial charge in [-0.3, -0.25) is 0 Å². The Kier molecular flexibility index (Phi) is 15.3. The van der Waals surface area contributed by atoms with Crippen LogP contribution in [-0.2, 0) is 0 Å². The molecule has 0 saturated carbocycles. The van der Waals surface area contributed by atoms with Gasteiger partial charge in [0.05, 0.1) is 0 Å². The van der Waals surface area contributed by atoms with Crippen molar-refractivity contribution in [3.05, 3.63) is 147 Å². The third kappa shape index (κ3) is 9.54. The molecule has 0 saturated heterocycles. The molecule has 4 nitrogen and oxygen atoms in total. The molecule has 0 bridgehead atoms. The van der Waals surface area contributed by atoms with Crippen LogP contribution in [0.2, 0.25) is 0 Å². The van der Waals surface area contributed by atoms with Gasteiger partial charge >= 0.3 is 380 Å². The van der Waals surface area contributed by atoms with Crippen molar-refractivity contribution in [3.8, 4) is 22.7 Å². The molecule has 0 fully saturated rings. The summed E-state index contributed by atoms with van der Waals surface area (Å²) in [6.45, 7) is 40.3. The van der Waals surface area contributed by atoms with E-state index in [2.05, 4.69) is 227 Å². The Hall–Kier alpha value is -3.54. The zero-order chi connectivity index (χ0) is 44.4. The maximum absolute atomic E-state index is 2.58. The molecule has 6 rings (SSSR count). The molecule has 0 unspecified atom stereocenters.